The van der Waals surface area contributed by atoms with E-state index in [4.69, 9.17) is 11.6 Å². The first-order chi connectivity index (χ1) is 7.20. The monoisotopic (exact) mass is 347 g/mol. The smallest absolute Gasteiger partial charge is 0.110 e. The molecule has 0 saturated carbocycles. The Morgan fingerprint density at radius 1 is 1.27 bits per heavy atom. The summed E-state index contributed by atoms with van der Waals surface area (Å²) < 4.78 is 0.914. The van der Waals surface area contributed by atoms with Gasteiger partial charge in [0.05, 0.1) is 5.52 Å². The molecule has 0 aliphatic carbocycles. The van der Waals surface area contributed by atoms with Crippen LogP contribution in [0.3, 0.4) is 0 Å². The third-order valence-corrected chi connectivity index (χ3v) is 3.48. The second-order valence-electron chi connectivity index (χ2n) is 3.21. The van der Waals surface area contributed by atoms with E-state index in [1.54, 1.807) is 0 Å². The number of aromatic nitrogens is 1. The SMILES string of the molecule is Clc1ccc2nc(Br)c(CCBr)cc2c1. The van der Waals surface area contributed by atoms with Crippen molar-refractivity contribution in [2.45, 2.75) is 6.42 Å². The zero-order chi connectivity index (χ0) is 10.8. The van der Waals surface area contributed by atoms with Gasteiger partial charge in [0.15, 0.2) is 0 Å². The lowest BCUT2D eigenvalue weighted by Gasteiger charge is -2.04. The Morgan fingerprint density at radius 3 is 2.80 bits per heavy atom. The maximum absolute atomic E-state index is 5.94. The van der Waals surface area contributed by atoms with Gasteiger partial charge in [0.25, 0.3) is 0 Å². The molecule has 1 nitrogen and oxygen atoms in total. The molecule has 0 bridgehead atoms. The zero-order valence-corrected chi connectivity index (χ0v) is 11.7. The number of aryl methyl sites for hydroxylation is 1. The van der Waals surface area contributed by atoms with E-state index in [9.17, 15) is 0 Å². The van der Waals surface area contributed by atoms with Crippen molar-refractivity contribution < 1.29 is 0 Å². The third kappa shape index (κ3) is 2.52. The number of benzene rings is 1. The third-order valence-electron chi connectivity index (χ3n) is 2.17. The maximum Gasteiger partial charge on any atom is 0.110 e. The van der Waals surface area contributed by atoms with E-state index in [2.05, 4.69) is 42.9 Å². The Morgan fingerprint density at radius 2 is 2.07 bits per heavy atom. The lowest BCUT2D eigenvalue weighted by molar-refractivity contribution is 1.12. The fourth-order valence-corrected chi connectivity index (χ4v) is 2.56. The maximum atomic E-state index is 5.94. The van der Waals surface area contributed by atoms with Crippen LogP contribution in [0.25, 0.3) is 10.9 Å². The summed E-state index contributed by atoms with van der Waals surface area (Å²) in [5.41, 5.74) is 2.16. The van der Waals surface area contributed by atoms with Crippen LogP contribution in [0.15, 0.2) is 28.9 Å². The second kappa shape index (κ2) is 4.81. The van der Waals surface area contributed by atoms with Crippen molar-refractivity contribution >= 4 is 54.4 Å². The molecular formula is C11H8Br2ClN. The lowest BCUT2D eigenvalue weighted by Crippen LogP contribution is -1.91. The molecule has 4 heteroatoms. The summed E-state index contributed by atoms with van der Waals surface area (Å²) in [7, 11) is 0. The Labute approximate surface area is 110 Å². The predicted octanol–water partition coefficient (Wildman–Crippen LogP) is 4.59. The molecule has 0 spiro atoms. The molecular weight excluding hydrogens is 341 g/mol. The molecule has 1 aromatic heterocycles. The van der Waals surface area contributed by atoms with Gasteiger partial charge in [-0.2, -0.15) is 0 Å². The number of rotatable bonds is 2. The molecule has 0 atom stereocenters. The van der Waals surface area contributed by atoms with Gasteiger partial charge in [-0.25, -0.2) is 4.98 Å². The topological polar surface area (TPSA) is 12.9 Å². The van der Waals surface area contributed by atoms with Crippen LogP contribution < -0.4 is 0 Å². The minimum atomic E-state index is 0.747. The molecule has 0 unspecified atom stereocenters. The molecule has 0 aliphatic heterocycles. The van der Waals surface area contributed by atoms with Crippen molar-refractivity contribution in [3.05, 3.63) is 39.5 Å². The van der Waals surface area contributed by atoms with Gasteiger partial charge in [-0.1, -0.05) is 27.5 Å². The molecule has 1 heterocycles. The van der Waals surface area contributed by atoms with E-state index in [1.807, 2.05) is 18.2 Å². The van der Waals surface area contributed by atoms with Crippen molar-refractivity contribution in [2.24, 2.45) is 0 Å². The summed E-state index contributed by atoms with van der Waals surface area (Å²) in [6.07, 6.45) is 0.954. The van der Waals surface area contributed by atoms with Crippen LogP contribution in [0.1, 0.15) is 5.56 Å². The van der Waals surface area contributed by atoms with Crippen molar-refractivity contribution in [3.8, 4) is 0 Å². The minimum Gasteiger partial charge on any atom is -0.241 e. The normalized spacial score (nSPS) is 10.9. The number of halogens is 3. The summed E-state index contributed by atoms with van der Waals surface area (Å²) in [5, 5.41) is 2.76. The highest BCUT2D eigenvalue weighted by Crippen LogP contribution is 2.24. The minimum absolute atomic E-state index is 0.747. The van der Waals surface area contributed by atoms with Crippen LogP contribution in [-0.4, -0.2) is 10.3 Å². The molecule has 2 aromatic rings. The summed E-state index contributed by atoms with van der Waals surface area (Å²) in [5.74, 6) is 0. The van der Waals surface area contributed by atoms with E-state index in [1.165, 1.54) is 5.56 Å². The Bertz CT molecular complexity index is 499. The largest absolute Gasteiger partial charge is 0.241 e. The van der Waals surface area contributed by atoms with E-state index < -0.39 is 0 Å². The molecule has 2 rings (SSSR count). The van der Waals surface area contributed by atoms with Gasteiger partial charge in [-0.15, -0.1) is 0 Å². The quantitative estimate of drug-likeness (QED) is 0.571. The highest BCUT2D eigenvalue weighted by atomic mass is 79.9. The van der Waals surface area contributed by atoms with E-state index in [0.717, 1.165) is 32.3 Å². The van der Waals surface area contributed by atoms with Crippen molar-refractivity contribution in [1.82, 2.24) is 4.98 Å². The molecule has 0 radical (unpaired) electrons. The van der Waals surface area contributed by atoms with E-state index in [0.29, 0.717) is 0 Å². The molecule has 78 valence electrons. The van der Waals surface area contributed by atoms with Gasteiger partial charge in [0.2, 0.25) is 0 Å². The zero-order valence-electron chi connectivity index (χ0n) is 7.80. The number of fused-ring (bicyclic) bond motifs is 1. The Hall–Kier alpha value is -0.120. The lowest BCUT2D eigenvalue weighted by atomic mass is 10.1. The fraction of sp³-hybridized carbons (Fsp3) is 0.182. The summed E-state index contributed by atoms with van der Waals surface area (Å²) in [6, 6.07) is 7.85. The first-order valence-electron chi connectivity index (χ1n) is 4.51. The molecule has 0 fully saturated rings. The Kier molecular flexibility index (Phi) is 3.65. The van der Waals surface area contributed by atoms with Crippen molar-refractivity contribution in [1.29, 1.82) is 0 Å². The fourth-order valence-electron chi connectivity index (χ4n) is 1.44. The molecule has 0 aliphatic rings. The Balaban J connectivity index is 2.61. The molecule has 1 aromatic carbocycles. The van der Waals surface area contributed by atoms with Gasteiger partial charge >= 0.3 is 0 Å². The standard InChI is InChI=1S/C11H8Br2ClN/c12-4-3-7-5-8-6-9(14)1-2-10(8)15-11(7)13/h1-2,5-6H,3-4H2. The summed E-state index contributed by atoms with van der Waals surface area (Å²) >= 11 is 12.8. The highest BCUT2D eigenvalue weighted by molar-refractivity contribution is 9.10. The van der Waals surface area contributed by atoms with Crippen LogP contribution in [-0.2, 0) is 6.42 Å². The number of hydrogen-bond acceptors (Lipinski definition) is 1. The molecule has 0 saturated heterocycles. The van der Waals surface area contributed by atoms with Crippen LogP contribution >= 0.6 is 43.5 Å². The summed E-state index contributed by atoms with van der Waals surface area (Å²) in [4.78, 5) is 4.47. The van der Waals surface area contributed by atoms with Gasteiger partial charge in [-0.05, 0) is 52.2 Å². The number of pyridine rings is 1. The average Bonchev–Trinajstić information content (AvgIpc) is 2.20. The predicted molar refractivity (Wildman–Crippen MR) is 72.0 cm³/mol. The highest BCUT2D eigenvalue weighted by Gasteiger charge is 2.04. The number of nitrogens with zero attached hydrogens (tertiary/aromatic N) is 1. The molecule has 0 N–H and O–H groups in total. The van der Waals surface area contributed by atoms with Crippen LogP contribution in [0, 0.1) is 0 Å². The molecule has 15 heavy (non-hydrogen) atoms. The first kappa shape index (κ1) is 11.4. The summed E-state index contributed by atoms with van der Waals surface area (Å²) in [6.45, 7) is 0. The average molecular weight is 349 g/mol. The van der Waals surface area contributed by atoms with Gasteiger partial charge < -0.3 is 0 Å². The van der Waals surface area contributed by atoms with Gasteiger partial charge in [0.1, 0.15) is 4.60 Å². The van der Waals surface area contributed by atoms with E-state index >= 15 is 0 Å². The molecule has 0 amide bonds. The van der Waals surface area contributed by atoms with Crippen LogP contribution in [0.5, 0.6) is 0 Å². The first-order valence-corrected chi connectivity index (χ1v) is 6.80. The van der Waals surface area contributed by atoms with Gasteiger partial charge in [0, 0.05) is 15.7 Å². The van der Waals surface area contributed by atoms with E-state index in [-0.39, 0.29) is 0 Å². The number of alkyl halides is 1. The van der Waals surface area contributed by atoms with Crippen molar-refractivity contribution in [2.75, 3.05) is 5.33 Å². The number of hydrogen-bond donors (Lipinski definition) is 0. The van der Waals surface area contributed by atoms with Crippen LogP contribution in [0.4, 0.5) is 0 Å². The van der Waals surface area contributed by atoms with Crippen molar-refractivity contribution in [3.63, 3.8) is 0 Å². The van der Waals surface area contributed by atoms with Gasteiger partial charge in [-0.3, -0.25) is 0 Å². The van der Waals surface area contributed by atoms with Crippen LogP contribution in [0.2, 0.25) is 5.02 Å². The second-order valence-corrected chi connectivity index (χ2v) is 5.19.